The fourth-order valence-corrected chi connectivity index (χ4v) is 2.90. The molecule has 3 N–H and O–H groups in total. The monoisotopic (exact) mass is 342 g/mol. The van der Waals surface area contributed by atoms with E-state index in [4.69, 9.17) is 15.2 Å². The highest BCUT2D eigenvalue weighted by atomic mass is 19.3. The van der Waals surface area contributed by atoms with Crippen LogP contribution >= 0.6 is 0 Å². The molecule has 0 fully saturated rings. The molecular formula is C17H24F2N2O3. The summed E-state index contributed by atoms with van der Waals surface area (Å²) in [6, 6.07) is 1.92. The van der Waals surface area contributed by atoms with Crippen LogP contribution in [0.2, 0.25) is 0 Å². The summed E-state index contributed by atoms with van der Waals surface area (Å²) in [5.41, 5.74) is 7.25. The standard InChI is InChI=1S/C17H24F2N2O3/c1-4-23-16(22)13(20)9-14(21-3)11-8-12-15(7-10(11)2)24-6-5-17(12,18)19/h7-8,13-14,21H,4-6,9,20H2,1-3H3. The van der Waals surface area contributed by atoms with Gasteiger partial charge in [-0.3, -0.25) is 4.79 Å². The van der Waals surface area contributed by atoms with Crippen LogP contribution in [-0.4, -0.2) is 32.3 Å². The molecule has 0 saturated carbocycles. The molecule has 134 valence electrons. The minimum atomic E-state index is -2.92. The number of halogens is 2. The highest BCUT2D eigenvalue weighted by Gasteiger charge is 2.39. The highest BCUT2D eigenvalue weighted by molar-refractivity contribution is 5.75. The molecule has 24 heavy (non-hydrogen) atoms. The summed E-state index contributed by atoms with van der Waals surface area (Å²) in [5, 5.41) is 3.05. The normalized spacial score (nSPS) is 18.2. The molecule has 7 heteroatoms. The van der Waals surface area contributed by atoms with E-state index in [1.165, 1.54) is 6.07 Å². The van der Waals surface area contributed by atoms with Crippen LogP contribution in [0.5, 0.6) is 5.75 Å². The summed E-state index contributed by atoms with van der Waals surface area (Å²) in [5.74, 6) is -3.20. The molecule has 5 nitrogen and oxygen atoms in total. The van der Waals surface area contributed by atoms with Gasteiger partial charge in [-0.1, -0.05) is 0 Å². The Morgan fingerprint density at radius 1 is 1.50 bits per heavy atom. The number of benzene rings is 1. The number of alkyl halides is 2. The van der Waals surface area contributed by atoms with Crippen LogP contribution in [0.3, 0.4) is 0 Å². The Labute approximate surface area is 140 Å². The Kier molecular flexibility index (Phi) is 5.77. The average Bonchev–Trinajstić information content (AvgIpc) is 2.52. The summed E-state index contributed by atoms with van der Waals surface area (Å²) in [6.07, 6.45) is -0.0869. The van der Waals surface area contributed by atoms with Crippen LogP contribution in [0, 0.1) is 6.92 Å². The van der Waals surface area contributed by atoms with E-state index in [0.717, 1.165) is 5.56 Å². The molecular weight excluding hydrogens is 318 g/mol. The summed E-state index contributed by atoms with van der Waals surface area (Å²) in [6.45, 7) is 3.78. The van der Waals surface area contributed by atoms with Crippen molar-refractivity contribution in [2.45, 2.75) is 44.7 Å². The number of ether oxygens (including phenoxy) is 2. The van der Waals surface area contributed by atoms with E-state index >= 15 is 0 Å². The third kappa shape index (κ3) is 3.84. The van der Waals surface area contributed by atoms with E-state index in [9.17, 15) is 13.6 Å². The van der Waals surface area contributed by atoms with E-state index in [2.05, 4.69) is 5.32 Å². The van der Waals surface area contributed by atoms with Crippen LogP contribution in [0.15, 0.2) is 12.1 Å². The van der Waals surface area contributed by atoms with Gasteiger partial charge in [0.25, 0.3) is 5.92 Å². The lowest BCUT2D eigenvalue weighted by molar-refractivity contribution is -0.145. The smallest absolute Gasteiger partial charge is 0.322 e. The van der Waals surface area contributed by atoms with Gasteiger partial charge in [0.1, 0.15) is 11.8 Å². The second kappa shape index (κ2) is 7.44. The number of esters is 1. The zero-order valence-electron chi connectivity index (χ0n) is 14.2. The van der Waals surface area contributed by atoms with Crippen molar-refractivity contribution < 1.29 is 23.0 Å². The van der Waals surface area contributed by atoms with Gasteiger partial charge in [-0.15, -0.1) is 0 Å². The number of aryl methyl sites for hydroxylation is 1. The third-order valence-corrected chi connectivity index (χ3v) is 4.24. The second-order valence-electron chi connectivity index (χ2n) is 5.94. The van der Waals surface area contributed by atoms with Gasteiger partial charge in [-0.05, 0) is 50.6 Å². The number of carbonyl (C=O) groups is 1. The Hall–Kier alpha value is -1.73. The molecule has 1 aromatic carbocycles. The van der Waals surface area contributed by atoms with Crippen LogP contribution in [0.25, 0.3) is 0 Å². The van der Waals surface area contributed by atoms with Crippen molar-refractivity contribution in [1.29, 1.82) is 0 Å². The van der Waals surface area contributed by atoms with Crippen molar-refractivity contribution in [3.63, 3.8) is 0 Å². The Morgan fingerprint density at radius 3 is 2.83 bits per heavy atom. The number of carbonyl (C=O) groups excluding carboxylic acids is 1. The lowest BCUT2D eigenvalue weighted by atomic mass is 9.90. The molecule has 2 rings (SSSR count). The van der Waals surface area contributed by atoms with Gasteiger partial charge in [0, 0.05) is 6.04 Å². The summed E-state index contributed by atoms with van der Waals surface area (Å²) in [4.78, 5) is 11.7. The van der Waals surface area contributed by atoms with Gasteiger partial charge in [0.05, 0.1) is 25.2 Å². The SMILES string of the molecule is CCOC(=O)C(N)CC(NC)c1cc2c(cc1C)OCCC2(F)F. The summed E-state index contributed by atoms with van der Waals surface area (Å²) in [7, 11) is 1.70. The maximum absolute atomic E-state index is 14.2. The molecule has 0 aliphatic carbocycles. The number of nitrogens with one attached hydrogen (secondary N) is 1. The molecule has 2 atom stereocenters. The molecule has 2 unspecified atom stereocenters. The zero-order valence-corrected chi connectivity index (χ0v) is 14.2. The van der Waals surface area contributed by atoms with Crippen molar-refractivity contribution in [1.82, 2.24) is 5.32 Å². The first-order valence-corrected chi connectivity index (χ1v) is 8.05. The largest absolute Gasteiger partial charge is 0.493 e. The van der Waals surface area contributed by atoms with Gasteiger partial charge in [-0.2, -0.15) is 0 Å². The predicted molar refractivity (Wildman–Crippen MR) is 86.2 cm³/mol. The number of hydrogen-bond acceptors (Lipinski definition) is 5. The number of hydrogen-bond donors (Lipinski definition) is 2. The Balaban J connectivity index is 2.30. The van der Waals surface area contributed by atoms with Gasteiger partial charge in [0.2, 0.25) is 0 Å². The lowest BCUT2D eigenvalue weighted by Gasteiger charge is -2.29. The maximum Gasteiger partial charge on any atom is 0.322 e. The van der Waals surface area contributed by atoms with E-state index < -0.39 is 17.9 Å². The molecule has 0 radical (unpaired) electrons. The molecule has 1 aliphatic rings. The minimum absolute atomic E-state index is 0.00196. The highest BCUT2D eigenvalue weighted by Crippen LogP contribution is 2.43. The van der Waals surface area contributed by atoms with E-state index in [1.807, 2.05) is 6.92 Å². The van der Waals surface area contributed by atoms with E-state index in [-0.39, 0.29) is 43.4 Å². The number of fused-ring (bicyclic) bond motifs is 1. The number of nitrogens with two attached hydrogens (primary N) is 1. The van der Waals surface area contributed by atoms with Crippen LogP contribution < -0.4 is 15.8 Å². The molecule has 0 bridgehead atoms. The van der Waals surface area contributed by atoms with Gasteiger partial charge in [-0.25, -0.2) is 8.78 Å². The van der Waals surface area contributed by atoms with Crippen molar-refractivity contribution in [3.05, 3.63) is 28.8 Å². The zero-order chi connectivity index (χ0) is 17.9. The van der Waals surface area contributed by atoms with Gasteiger partial charge < -0.3 is 20.5 Å². The van der Waals surface area contributed by atoms with Crippen LogP contribution in [-0.2, 0) is 15.5 Å². The first-order chi connectivity index (χ1) is 11.3. The predicted octanol–water partition coefficient (Wildman–Crippen LogP) is 2.41. The van der Waals surface area contributed by atoms with Crippen LogP contribution in [0.1, 0.15) is 42.5 Å². The molecule has 0 aromatic heterocycles. The van der Waals surface area contributed by atoms with Crippen molar-refractivity contribution >= 4 is 5.97 Å². The van der Waals surface area contributed by atoms with Crippen molar-refractivity contribution in [2.24, 2.45) is 5.73 Å². The van der Waals surface area contributed by atoms with Crippen molar-refractivity contribution in [3.8, 4) is 5.75 Å². The van der Waals surface area contributed by atoms with Gasteiger partial charge >= 0.3 is 5.97 Å². The number of rotatable bonds is 6. The molecule has 1 heterocycles. The second-order valence-corrected chi connectivity index (χ2v) is 5.94. The molecule has 0 saturated heterocycles. The average molecular weight is 342 g/mol. The van der Waals surface area contributed by atoms with E-state index in [1.54, 1.807) is 20.0 Å². The fourth-order valence-electron chi connectivity index (χ4n) is 2.90. The molecule has 1 aliphatic heterocycles. The molecule has 0 spiro atoms. The summed E-state index contributed by atoms with van der Waals surface area (Å²) < 4.78 is 38.6. The van der Waals surface area contributed by atoms with Gasteiger partial charge in [0.15, 0.2) is 0 Å². The fraction of sp³-hybridized carbons (Fsp3) is 0.588. The first kappa shape index (κ1) is 18.6. The molecule has 1 aromatic rings. The lowest BCUT2D eigenvalue weighted by Crippen LogP contribution is -2.36. The Bertz CT molecular complexity index is 608. The maximum atomic E-state index is 14.2. The van der Waals surface area contributed by atoms with Crippen molar-refractivity contribution in [2.75, 3.05) is 20.3 Å². The summed E-state index contributed by atoms with van der Waals surface area (Å²) >= 11 is 0. The third-order valence-electron chi connectivity index (χ3n) is 4.24. The molecule has 0 amide bonds. The van der Waals surface area contributed by atoms with Crippen LogP contribution in [0.4, 0.5) is 8.78 Å². The van der Waals surface area contributed by atoms with E-state index in [0.29, 0.717) is 5.56 Å². The Morgan fingerprint density at radius 2 is 2.21 bits per heavy atom. The first-order valence-electron chi connectivity index (χ1n) is 8.05. The quantitative estimate of drug-likeness (QED) is 0.777. The minimum Gasteiger partial charge on any atom is -0.493 e. The topological polar surface area (TPSA) is 73.6 Å².